The summed E-state index contributed by atoms with van der Waals surface area (Å²) in [6.07, 6.45) is 1.27. The first-order valence-corrected chi connectivity index (χ1v) is 8.29. The van der Waals surface area contributed by atoms with Gasteiger partial charge < -0.3 is 15.2 Å². The number of rotatable bonds is 5. The molecule has 2 aromatic rings. The highest BCUT2D eigenvalue weighted by atomic mass is 19.1. The van der Waals surface area contributed by atoms with Crippen LogP contribution in [0.1, 0.15) is 41.8 Å². The zero-order chi connectivity index (χ0) is 18.1. The quantitative estimate of drug-likeness (QED) is 0.870. The summed E-state index contributed by atoms with van der Waals surface area (Å²) in [5.74, 6) is -0.524. The van der Waals surface area contributed by atoms with Gasteiger partial charge in [0.1, 0.15) is 17.4 Å². The summed E-state index contributed by atoms with van der Waals surface area (Å²) in [6, 6.07) is 3.02. The third-order valence-electron chi connectivity index (χ3n) is 4.54. The minimum absolute atomic E-state index is 0.100. The normalized spacial score (nSPS) is 20.2. The summed E-state index contributed by atoms with van der Waals surface area (Å²) in [5, 5.41) is 9.60. The van der Waals surface area contributed by atoms with Gasteiger partial charge in [0.2, 0.25) is 0 Å². The molecule has 134 valence electrons. The van der Waals surface area contributed by atoms with E-state index < -0.39 is 11.6 Å². The zero-order valence-electron chi connectivity index (χ0n) is 14.4. The largest absolute Gasteiger partial charge is 0.361 e. The molecule has 7 heteroatoms. The molecule has 1 aliphatic carbocycles. The van der Waals surface area contributed by atoms with E-state index in [2.05, 4.69) is 15.8 Å². The molecule has 1 aromatic carbocycles. The smallest absolute Gasteiger partial charge is 0.315 e. The molecule has 0 unspecified atom stereocenters. The fourth-order valence-electron chi connectivity index (χ4n) is 3.08. The summed E-state index contributed by atoms with van der Waals surface area (Å²) in [6.45, 7) is 5.61. The Labute approximate surface area is 144 Å². The Morgan fingerprint density at radius 2 is 2.16 bits per heavy atom. The number of nitrogens with zero attached hydrogens (tertiary/aromatic N) is 1. The van der Waals surface area contributed by atoms with Gasteiger partial charge in [-0.2, -0.15) is 0 Å². The molecule has 25 heavy (non-hydrogen) atoms. The van der Waals surface area contributed by atoms with Crippen LogP contribution in [-0.4, -0.2) is 23.3 Å². The second-order valence-corrected chi connectivity index (χ2v) is 6.64. The SMILES string of the molecule is Cc1noc(C)c1C[C@H](C)NC(=O)N[C@@H]1C[C@@H]1c1ccc(F)cc1F. The number of aryl methyl sites for hydroxylation is 2. The lowest BCUT2D eigenvalue weighted by Crippen LogP contribution is -2.43. The van der Waals surface area contributed by atoms with E-state index in [0.717, 1.165) is 23.1 Å². The number of hydrogen-bond acceptors (Lipinski definition) is 3. The second kappa shape index (κ2) is 6.82. The molecular weight excluding hydrogens is 328 g/mol. The van der Waals surface area contributed by atoms with Crippen LogP contribution in [-0.2, 0) is 6.42 Å². The molecular formula is C18H21F2N3O2. The van der Waals surface area contributed by atoms with Crippen LogP contribution in [0.15, 0.2) is 22.7 Å². The molecule has 0 bridgehead atoms. The minimum atomic E-state index is -0.600. The third kappa shape index (κ3) is 3.97. The van der Waals surface area contributed by atoms with E-state index in [1.165, 1.54) is 12.1 Å². The Bertz CT molecular complexity index is 771. The Hall–Kier alpha value is -2.44. The molecule has 0 saturated heterocycles. The average molecular weight is 349 g/mol. The van der Waals surface area contributed by atoms with Crippen LogP contribution >= 0.6 is 0 Å². The van der Waals surface area contributed by atoms with Crippen molar-refractivity contribution in [2.24, 2.45) is 0 Å². The van der Waals surface area contributed by atoms with E-state index in [-0.39, 0.29) is 24.0 Å². The molecule has 1 heterocycles. The standard InChI is InChI=1S/C18H21F2N3O2/c1-9(6-14-10(2)23-25-11(14)3)21-18(24)22-17-8-15(17)13-5-4-12(19)7-16(13)20/h4-5,7,9,15,17H,6,8H2,1-3H3,(H2,21,22,24)/t9-,15+,17+/m0/s1. The number of aromatic nitrogens is 1. The summed E-state index contributed by atoms with van der Waals surface area (Å²) in [5.41, 5.74) is 2.25. The van der Waals surface area contributed by atoms with Gasteiger partial charge in [0.15, 0.2) is 0 Å². The van der Waals surface area contributed by atoms with Gasteiger partial charge in [-0.3, -0.25) is 0 Å². The van der Waals surface area contributed by atoms with Crippen molar-refractivity contribution in [2.45, 2.75) is 51.6 Å². The highest BCUT2D eigenvalue weighted by molar-refractivity contribution is 5.75. The maximum absolute atomic E-state index is 13.8. The first kappa shape index (κ1) is 17.4. The molecule has 1 aliphatic rings. The topological polar surface area (TPSA) is 67.2 Å². The maximum Gasteiger partial charge on any atom is 0.315 e. The van der Waals surface area contributed by atoms with Crippen molar-refractivity contribution in [2.75, 3.05) is 0 Å². The van der Waals surface area contributed by atoms with Crippen LogP contribution in [0.5, 0.6) is 0 Å². The fraction of sp³-hybridized carbons (Fsp3) is 0.444. The lowest BCUT2D eigenvalue weighted by Gasteiger charge is -2.14. The Morgan fingerprint density at radius 3 is 2.80 bits per heavy atom. The highest BCUT2D eigenvalue weighted by Crippen LogP contribution is 2.41. The number of halogens is 2. The predicted molar refractivity (Wildman–Crippen MR) is 88.3 cm³/mol. The van der Waals surface area contributed by atoms with Gasteiger partial charge in [-0.05, 0) is 45.2 Å². The van der Waals surface area contributed by atoms with Crippen LogP contribution in [0.3, 0.4) is 0 Å². The molecule has 0 aliphatic heterocycles. The van der Waals surface area contributed by atoms with E-state index in [1.807, 2.05) is 20.8 Å². The minimum Gasteiger partial charge on any atom is -0.361 e. The lowest BCUT2D eigenvalue weighted by atomic mass is 10.1. The number of hydrogen-bond donors (Lipinski definition) is 2. The van der Waals surface area contributed by atoms with E-state index in [0.29, 0.717) is 18.4 Å². The highest BCUT2D eigenvalue weighted by Gasteiger charge is 2.41. The van der Waals surface area contributed by atoms with Crippen LogP contribution in [0.2, 0.25) is 0 Å². The third-order valence-corrected chi connectivity index (χ3v) is 4.54. The zero-order valence-corrected chi connectivity index (χ0v) is 14.4. The van der Waals surface area contributed by atoms with E-state index in [9.17, 15) is 13.6 Å². The van der Waals surface area contributed by atoms with Gasteiger partial charge in [0, 0.05) is 29.6 Å². The summed E-state index contributed by atoms with van der Waals surface area (Å²) >= 11 is 0. The predicted octanol–water partition coefficient (Wildman–Crippen LogP) is 3.36. The number of amides is 2. The molecule has 3 rings (SSSR count). The second-order valence-electron chi connectivity index (χ2n) is 6.64. The van der Waals surface area contributed by atoms with Crippen molar-refractivity contribution in [3.8, 4) is 0 Å². The first-order chi connectivity index (χ1) is 11.8. The molecule has 0 radical (unpaired) electrons. The van der Waals surface area contributed by atoms with Crippen molar-refractivity contribution >= 4 is 6.03 Å². The van der Waals surface area contributed by atoms with Crippen molar-refractivity contribution in [1.29, 1.82) is 0 Å². The van der Waals surface area contributed by atoms with Gasteiger partial charge in [0.05, 0.1) is 5.69 Å². The molecule has 1 aromatic heterocycles. The number of nitrogens with one attached hydrogen (secondary N) is 2. The molecule has 1 saturated carbocycles. The molecule has 5 nitrogen and oxygen atoms in total. The van der Waals surface area contributed by atoms with Gasteiger partial charge in [-0.1, -0.05) is 11.2 Å². The summed E-state index contributed by atoms with van der Waals surface area (Å²) in [7, 11) is 0. The van der Waals surface area contributed by atoms with Gasteiger partial charge >= 0.3 is 6.03 Å². The van der Waals surface area contributed by atoms with Crippen molar-refractivity contribution in [1.82, 2.24) is 15.8 Å². The molecule has 0 spiro atoms. The molecule has 1 fully saturated rings. The van der Waals surface area contributed by atoms with Crippen LogP contribution in [0.25, 0.3) is 0 Å². The maximum atomic E-state index is 13.8. The summed E-state index contributed by atoms with van der Waals surface area (Å²) < 4.78 is 31.8. The van der Waals surface area contributed by atoms with Gasteiger partial charge in [0.25, 0.3) is 0 Å². The number of carbonyl (C=O) groups is 1. The van der Waals surface area contributed by atoms with E-state index in [1.54, 1.807) is 0 Å². The van der Waals surface area contributed by atoms with E-state index >= 15 is 0 Å². The number of urea groups is 1. The van der Waals surface area contributed by atoms with Gasteiger partial charge in [-0.15, -0.1) is 0 Å². The van der Waals surface area contributed by atoms with Crippen molar-refractivity contribution in [3.05, 3.63) is 52.4 Å². The van der Waals surface area contributed by atoms with Gasteiger partial charge in [-0.25, -0.2) is 13.6 Å². The van der Waals surface area contributed by atoms with E-state index in [4.69, 9.17) is 4.52 Å². The average Bonchev–Trinajstić information content (AvgIpc) is 3.20. The first-order valence-electron chi connectivity index (χ1n) is 8.29. The molecule has 2 amide bonds. The Balaban J connectivity index is 1.50. The Kier molecular flexibility index (Phi) is 4.74. The van der Waals surface area contributed by atoms with Crippen LogP contribution in [0, 0.1) is 25.5 Å². The number of benzene rings is 1. The van der Waals surface area contributed by atoms with Crippen molar-refractivity contribution in [3.63, 3.8) is 0 Å². The van der Waals surface area contributed by atoms with Crippen LogP contribution in [0.4, 0.5) is 13.6 Å². The number of carbonyl (C=O) groups excluding carboxylic acids is 1. The Morgan fingerprint density at radius 1 is 1.40 bits per heavy atom. The van der Waals surface area contributed by atoms with Crippen LogP contribution < -0.4 is 10.6 Å². The summed E-state index contributed by atoms with van der Waals surface area (Å²) in [4.78, 5) is 12.1. The lowest BCUT2D eigenvalue weighted by molar-refractivity contribution is 0.237. The fourth-order valence-corrected chi connectivity index (χ4v) is 3.08. The molecule has 3 atom stereocenters. The monoisotopic (exact) mass is 349 g/mol. The van der Waals surface area contributed by atoms with Crippen molar-refractivity contribution < 1.29 is 18.1 Å². The molecule has 2 N–H and O–H groups in total.